The summed E-state index contributed by atoms with van der Waals surface area (Å²) in [6.45, 7) is 3.21. The van der Waals surface area contributed by atoms with Crippen molar-refractivity contribution in [2.45, 2.75) is 52.1 Å². The molecule has 0 radical (unpaired) electrons. The van der Waals surface area contributed by atoms with Gasteiger partial charge < -0.3 is 24.4 Å². The number of nitrogens with one attached hydrogen (secondary N) is 2. The molecule has 1 saturated carbocycles. The summed E-state index contributed by atoms with van der Waals surface area (Å²) in [6, 6.07) is 7.26. The van der Waals surface area contributed by atoms with Crippen molar-refractivity contribution >= 4 is 28.5 Å². The van der Waals surface area contributed by atoms with Gasteiger partial charge in [0.25, 0.3) is 5.91 Å². The number of fused-ring (bicyclic) bond motifs is 1. The molecule has 0 bridgehead atoms. The van der Waals surface area contributed by atoms with Crippen molar-refractivity contribution in [2.24, 2.45) is 5.92 Å². The smallest absolute Gasteiger partial charge is 0.253 e. The van der Waals surface area contributed by atoms with Crippen LogP contribution in [0.5, 0.6) is 0 Å². The van der Waals surface area contributed by atoms with Crippen molar-refractivity contribution in [3.63, 3.8) is 0 Å². The Morgan fingerprint density at radius 2 is 2.03 bits per heavy atom. The van der Waals surface area contributed by atoms with Crippen LogP contribution in [-0.2, 0) is 22.6 Å². The Bertz CT molecular complexity index is 1090. The van der Waals surface area contributed by atoms with Crippen LogP contribution in [0.15, 0.2) is 35.0 Å². The van der Waals surface area contributed by atoms with Crippen molar-refractivity contribution in [1.29, 1.82) is 0 Å². The zero-order valence-electron chi connectivity index (χ0n) is 18.6. The highest BCUT2D eigenvalue weighted by Gasteiger charge is 2.23. The van der Waals surface area contributed by atoms with E-state index in [1.54, 1.807) is 19.5 Å². The Hall–Kier alpha value is -3.13. The fourth-order valence-electron chi connectivity index (χ4n) is 4.27. The number of amides is 2. The Kier molecular flexibility index (Phi) is 6.90. The Labute approximate surface area is 187 Å². The van der Waals surface area contributed by atoms with Gasteiger partial charge in [-0.25, -0.2) is 4.98 Å². The van der Waals surface area contributed by atoms with Crippen LogP contribution in [0, 0.1) is 12.8 Å². The molecule has 0 spiro atoms. The third-order valence-electron chi connectivity index (χ3n) is 5.96. The van der Waals surface area contributed by atoms with Gasteiger partial charge in [-0.3, -0.25) is 9.59 Å². The molecular formula is C24H30N4O4. The molecule has 2 N–H and O–H groups in total. The number of methoxy groups -OCH3 is 1. The maximum atomic E-state index is 13.2. The van der Waals surface area contributed by atoms with Gasteiger partial charge in [-0.15, -0.1) is 0 Å². The van der Waals surface area contributed by atoms with Crippen molar-refractivity contribution < 1.29 is 18.7 Å². The van der Waals surface area contributed by atoms with Gasteiger partial charge in [0.1, 0.15) is 11.5 Å². The van der Waals surface area contributed by atoms with E-state index in [0.29, 0.717) is 41.2 Å². The lowest BCUT2D eigenvalue weighted by Crippen LogP contribution is -2.26. The molecule has 1 fully saturated rings. The highest BCUT2D eigenvalue weighted by molar-refractivity contribution is 6.07. The minimum Gasteiger partial charge on any atom is -0.465 e. The minimum atomic E-state index is -0.253. The molecule has 8 nitrogen and oxygen atoms in total. The first-order valence-electron chi connectivity index (χ1n) is 11.2. The summed E-state index contributed by atoms with van der Waals surface area (Å²) in [7, 11) is 1.64. The van der Waals surface area contributed by atoms with Crippen LogP contribution in [0.2, 0.25) is 0 Å². The fraction of sp³-hybridized carbons (Fsp3) is 0.458. The van der Waals surface area contributed by atoms with Crippen molar-refractivity contribution in [1.82, 2.24) is 14.9 Å². The first-order chi connectivity index (χ1) is 15.5. The number of carbonyl (C=O) groups is 2. The van der Waals surface area contributed by atoms with E-state index in [2.05, 4.69) is 15.6 Å². The molecule has 3 aromatic rings. The summed E-state index contributed by atoms with van der Waals surface area (Å²) < 4.78 is 12.7. The molecule has 0 atom stereocenters. The van der Waals surface area contributed by atoms with Crippen molar-refractivity contribution in [2.75, 3.05) is 19.0 Å². The molecule has 2 amide bonds. The van der Waals surface area contributed by atoms with Crippen LogP contribution in [0.1, 0.15) is 54.0 Å². The van der Waals surface area contributed by atoms with Gasteiger partial charge >= 0.3 is 0 Å². The molecule has 32 heavy (non-hydrogen) atoms. The summed E-state index contributed by atoms with van der Waals surface area (Å²) in [5, 5.41) is 5.94. The number of aromatic nitrogens is 2. The van der Waals surface area contributed by atoms with E-state index in [1.165, 1.54) is 6.42 Å². The average Bonchev–Trinajstić information content (AvgIpc) is 3.41. The maximum absolute atomic E-state index is 13.2. The quantitative estimate of drug-likeness (QED) is 0.553. The van der Waals surface area contributed by atoms with Crippen molar-refractivity contribution in [3.8, 4) is 0 Å². The van der Waals surface area contributed by atoms with Crippen LogP contribution in [0.4, 0.5) is 5.69 Å². The second-order valence-electron chi connectivity index (χ2n) is 8.34. The number of hydrogen-bond donors (Lipinski definition) is 2. The number of carbonyl (C=O) groups excluding carboxylic acids is 2. The van der Waals surface area contributed by atoms with Crippen molar-refractivity contribution in [3.05, 3.63) is 47.7 Å². The van der Waals surface area contributed by atoms with Gasteiger partial charge in [0, 0.05) is 25.3 Å². The normalized spacial score (nSPS) is 14.6. The summed E-state index contributed by atoms with van der Waals surface area (Å²) >= 11 is 0. The summed E-state index contributed by atoms with van der Waals surface area (Å²) in [5.41, 5.74) is 2.41. The SMILES string of the molecule is COCCn1cnc2cc(NC(=O)C3CCCCC3)cc(C(=O)NCc3ccc(C)o3)c21. The standard InChI is InChI=1S/C24H30N4O4/c1-16-8-9-19(32-16)14-25-24(30)20-12-18(27-23(29)17-6-4-3-5-7-17)13-21-22(20)28(15-26-21)10-11-31-2/h8-9,12-13,15,17H,3-7,10-11,14H2,1-2H3,(H,25,30)(H,27,29). The number of furan rings is 1. The zero-order chi connectivity index (χ0) is 22.5. The average molecular weight is 439 g/mol. The van der Waals surface area contributed by atoms with Gasteiger partial charge in [0.15, 0.2) is 0 Å². The summed E-state index contributed by atoms with van der Waals surface area (Å²) in [5.74, 6) is 1.26. The van der Waals surface area contributed by atoms with Crippen LogP contribution in [0.25, 0.3) is 11.0 Å². The number of anilines is 1. The highest BCUT2D eigenvalue weighted by atomic mass is 16.5. The molecule has 0 saturated heterocycles. The van der Waals surface area contributed by atoms with E-state index in [4.69, 9.17) is 9.15 Å². The van der Waals surface area contributed by atoms with Crippen LogP contribution in [0.3, 0.4) is 0 Å². The molecule has 1 aromatic carbocycles. The Balaban J connectivity index is 1.61. The number of imidazole rings is 1. The molecule has 8 heteroatoms. The topological polar surface area (TPSA) is 98.4 Å². The van der Waals surface area contributed by atoms with E-state index < -0.39 is 0 Å². The van der Waals surface area contributed by atoms with E-state index in [-0.39, 0.29) is 24.3 Å². The van der Waals surface area contributed by atoms with E-state index >= 15 is 0 Å². The van der Waals surface area contributed by atoms with E-state index in [1.807, 2.05) is 29.7 Å². The molecule has 4 rings (SSSR count). The lowest BCUT2D eigenvalue weighted by atomic mass is 9.88. The number of benzene rings is 1. The molecule has 0 aliphatic heterocycles. The second kappa shape index (κ2) is 9.99. The van der Waals surface area contributed by atoms with Crippen LogP contribution in [-0.4, -0.2) is 35.1 Å². The maximum Gasteiger partial charge on any atom is 0.253 e. The second-order valence-corrected chi connectivity index (χ2v) is 8.34. The monoisotopic (exact) mass is 438 g/mol. The van der Waals surface area contributed by atoms with Gasteiger partial charge in [0.05, 0.1) is 36.1 Å². The Morgan fingerprint density at radius 3 is 2.75 bits per heavy atom. The first-order valence-corrected chi connectivity index (χ1v) is 11.2. The molecule has 0 unspecified atom stereocenters. The van der Waals surface area contributed by atoms with Gasteiger partial charge in [-0.05, 0) is 44.0 Å². The molecule has 1 aliphatic rings. The van der Waals surface area contributed by atoms with Crippen LogP contribution >= 0.6 is 0 Å². The highest BCUT2D eigenvalue weighted by Crippen LogP contribution is 2.27. The fourth-order valence-corrected chi connectivity index (χ4v) is 4.27. The number of ether oxygens (including phenoxy) is 1. The summed E-state index contributed by atoms with van der Waals surface area (Å²) in [4.78, 5) is 30.4. The molecule has 2 heterocycles. The predicted octanol–water partition coefficient (Wildman–Crippen LogP) is 4.03. The molecule has 170 valence electrons. The minimum absolute atomic E-state index is 0.0142. The van der Waals surface area contributed by atoms with Crippen LogP contribution < -0.4 is 10.6 Å². The van der Waals surface area contributed by atoms with Gasteiger partial charge in [-0.2, -0.15) is 0 Å². The van der Waals surface area contributed by atoms with E-state index in [9.17, 15) is 9.59 Å². The third kappa shape index (κ3) is 5.02. The molecular weight excluding hydrogens is 408 g/mol. The number of nitrogens with zero attached hydrogens (tertiary/aromatic N) is 2. The largest absolute Gasteiger partial charge is 0.465 e. The van der Waals surface area contributed by atoms with Gasteiger partial charge in [0.2, 0.25) is 5.91 Å². The predicted molar refractivity (Wildman–Crippen MR) is 121 cm³/mol. The number of aryl methyl sites for hydroxylation is 1. The number of rotatable bonds is 8. The lowest BCUT2D eigenvalue weighted by molar-refractivity contribution is -0.120. The third-order valence-corrected chi connectivity index (χ3v) is 5.96. The Morgan fingerprint density at radius 1 is 1.22 bits per heavy atom. The molecule has 2 aromatic heterocycles. The van der Waals surface area contributed by atoms with E-state index in [0.717, 1.165) is 31.4 Å². The number of hydrogen-bond acceptors (Lipinski definition) is 5. The zero-order valence-corrected chi connectivity index (χ0v) is 18.6. The van der Waals surface area contributed by atoms with Gasteiger partial charge in [-0.1, -0.05) is 19.3 Å². The summed E-state index contributed by atoms with van der Waals surface area (Å²) in [6.07, 6.45) is 6.88. The first kappa shape index (κ1) is 22.1. The molecule has 1 aliphatic carbocycles. The lowest BCUT2D eigenvalue weighted by Gasteiger charge is -2.21.